The van der Waals surface area contributed by atoms with E-state index in [9.17, 15) is 4.39 Å². The Morgan fingerprint density at radius 1 is 1.36 bits per heavy atom. The van der Waals surface area contributed by atoms with E-state index < -0.39 is 0 Å². The van der Waals surface area contributed by atoms with Gasteiger partial charge in [0.1, 0.15) is 17.7 Å². The van der Waals surface area contributed by atoms with Crippen molar-refractivity contribution >= 4 is 5.96 Å². The van der Waals surface area contributed by atoms with E-state index in [0.29, 0.717) is 18.9 Å². The van der Waals surface area contributed by atoms with Gasteiger partial charge in [-0.15, -0.1) is 0 Å². The number of ether oxygens (including phenoxy) is 2. The first-order valence-corrected chi connectivity index (χ1v) is 7.55. The van der Waals surface area contributed by atoms with E-state index >= 15 is 0 Å². The number of nitrogens with zero attached hydrogens (tertiary/aromatic N) is 1. The predicted molar refractivity (Wildman–Crippen MR) is 87.0 cm³/mol. The lowest BCUT2D eigenvalue weighted by Crippen LogP contribution is -2.42. The topological polar surface area (TPSA) is 54.9 Å². The molecule has 0 amide bonds. The zero-order chi connectivity index (χ0) is 16.2. The summed E-state index contributed by atoms with van der Waals surface area (Å²) in [5.41, 5.74) is 0. The first kappa shape index (κ1) is 18.2. The van der Waals surface area contributed by atoms with Gasteiger partial charge in [-0.2, -0.15) is 0 Å². The fourth-order valence-electron chi connectivity index (χ4n) is 1.86. The van der Waals surface area contributed by atoms with Gasteiger partial charge in [0.15, 0.2) is 5.96 Å². The van der Waals surface area contributed by atoms with Crippen molar-refractivity contribution in [2.24, 2.45) is 4.99 Å². The van der Waals surface area contributed by atoms with Gasteiger partial charge in [-0.3, -0.25) is 4.99 Å². The third kappa shape index (κ3) is 7.26. The van der Waals surface area contributed by atoms with Crippen LogP contribution in [0.2, 0.25) is 0 Å². The Bertz CT molecular complexity index is 455. The number of rotatable bonds is 9. The Hall–Kier alpha value is -1.82. The summed E-state index contributed by atoms with van der Waals surface area (Å²) in [7, 11) is 3.41. The molecule has 2 N–H and O–H groups in total. The summed E-state index contributed by atoms with van der Waals surface area (Å²) in [4.78, 5) is 4.15. The van der Waals surface area contributed by atoms with Crippen molar-refractivity contribution in [1.82, 2.24) is 10.6 Å². The maximum absolute atomic E-state index is 13.2. The zero-order valence-electron chi connectivity index (χ0n) is 13.6. The average Bonchev–Trinajstić information content (AvgIpc) is 2.53. The Morgan fingerprint density at radius 3 is 2.82 bits per heavy atom. The molecule has 0 aliphatic rings. The molecule has 1 aromatic carbocycles. The summed E-state index contributed by atoms with van der Waals surface area (Å²) >= 11 is 0. The van der Waals surface area contributed by atoms with Crippen molar-refractivity contribution in [2.45, 2.75) is 25.9 Å². The van der Waals surface area contributed by atoms with Crippen molar-refractivity contribution < 1.29 is 13.9 Å². The van der Waals surface area contributed by atoms with Crippen LogP contribution < -0.4 is 15.4 Å². The number of nitrogens with one attached hydrogen (secondary N) is 2. The maximum atomic E-state index is 13.2. The molecule has 0 saturated heterocycles. The van der Waals surface area contributed by atoms with Crippen LogP contribution in [-0.4, -0.2) is 45.9 Å². The fourth-order valence-corrected chi connectivity index (χ4v) is 1.86. The minimum absolute atomic E-state index is 0.0562. The fraction of sp³-hybridized carbons (Fsp3) is 0.562. The second-order valence-corrected chi connectivity index (χ2v) is 4.83. The summed E-state index contributed by atoms with van der Waals surface area (Å²) in [6, 6.07) is 6.18. The lowest BCUT2D eigenvalue weighted by molar-refractivity contribution is 0.194. The monoisotopic (exact) mass is 311 g/mol. The lowest BCUT2D eigenvalue weighted by Gasteiger charge is -2.20. The highest BCUT2D eigenvalue weighted by Crippen LogP contribution is 2.14. The number of benzene rings is 1. The molecule has 22 heavy (non-hydrogen) atoms. The molecule has 6 heteroatoms. The number of hydrogen-bond acceptors (Lipinski definition) is 3. The first-order chi connectivity index (χ1) is 10.7. The van der Waals surface area contributed by atoms with Crippen LogP contribution in [0.4, 0.5) is 4.39 Å². The van der Waals surface area contributed by atoms with Gasteiger partial charge in [-0.25, -0.2) is 4.39 Å². The van der Waals surface area contributed by atoms with E-state index in [2.05, 4.69) is 15.6 Å². The summed E-state index contributed by atoms with van der Waals surface area (Å²) in [5.74, 6) is 0.963. The molecular weight excluding hydrogens is 285 g/mol. The van der Waals surface area contributed by atoms with Crippen molar-refractivity contribution in [3.05, 3.63) is 30.1 Å². The highest BCUT2D eigenvalue weighted by molar-refractivity contribution is 5.79. The predicted octanol–water partition coefficient (Wildman–Crippen LogP) is 2.18. The molecule has 0 aliphatic heterocycles. The molecule has 1 aromatic rings. The van der Waals surface area contributed by atoms with Gasteiger partial charge < -0.3 is 20.1 Å². The van der Waals surface area contributed by atoms with Crippen LogP contribution in [0.3, 0.4) is 0 Å². The second kappa shape index (κ2) is 10.8. The standard InChI is InChI=1S/C16H26FN3O2/c1-4-14(22-15-8-5-7-13(17)11-15)12-20-16(18-2)19-9-6-10-21-3/h5,7-8,11,14H,4,6,9-10,12H2,1-3H3,(H2,18,19,20). The van der Waals surface area contributed by atoms with E-state index in [-0.39, 0.29) is 11.9 Å². The van der Waals surface area contributed by atoms with E-state index in [1.54, 1.807) is 26.3 Å². The molecule has 1 rings (SSSR count). The molecule has 0 radical (unpaired) electrons. The van der Waals surface area contributed by atoms with Crippen LogP contribution >= 0.6 is 0 Å². The van der Waals surface area contributed by atoms with Crippen molar-refractivity contribution in [1.29, 1.82) is 0 Å². The van der Waals surface area contributed by atoms with Crippen LogP contribution in [0.15, 0.2) is 29.3 Å². The normalized spacial score (nSPS) is 12.8. The first-order valence-electron chi connectivity index (χ1n) is 7.55. The minimum atomic E-state index is -0.295. The van der Waals surface area contributed by atoms with E-state index in [1.807, 2.05) is 6.92 Å². The molecular formula is C16H26FN3O2. The van der Waals surface area contributed by atoms with Gasteiger partial charge in [0.25, 0.3) is 0 Å². The van der Waals surface area contributed by atoms with Gasteiger partial charge >= 0.3 is 0 Å². The number of halogens is 1. The summed E-state index contributed by atoms with van der Waals surface area (Å²) in [5, 5.41) is 6.41. The third-order valence-electron chi connectivity index (χ3n) is 3.09. The Balaban J connectivity index is 2.38. The lowest BCUT2D eigenvalue weighted by atomic mass is 10.2. The molecule has 0 fully saturated rings. The number of hydrogen-bond donors (Lipinski definition) is 2. The van der Waals surface area contributed by atoms with Gasteiger partial charge in [0, 0.05) is 33.4 Å². The van der Waals surface area contributed by atoms with E-state index in [4.69, 9.17) is 9.47 Å². The van der Waals surface area contributed by atoms with Crippen LogP contribution in [0, 0.1) is 5.82 Å². The Kier molecular flexibility index (Phi) is 8.98. The van der Waals surface area contributed by atoms with Crippen LogP contribution in [0.5, 0.6) is 5.75 Å². The van der Waals surface area contributed by atoms with Gasteiger partial charge in [-0.1, -0.05) is 13.0 Å². The Labute approximate surface area is 131 Å². The summed E-state index contributed by atoms with van der Waals surface area (Å²) < 4.78 is 23.9. The number of guanidine groups is 1. The zero-order valence-corrected chi connectivity index (χ0v) is 13.6. The van der Waals surface area contributed by atoms with Crippen LogP contribution in [0.25, 0.3) is 0 Å². The molecule has 5 nitrogen and oxygen atoms in total. The quantitative estimate of drug-likeness (QED) is 0.417. The van der Waals surface area contributed by atoms with Gasteiger partial charge in [-0.05, 0) is 25.0 Å². The number of aliphatic imine (C=N–C) groups is 1. The maximum Gasteiger partial charge on any atom is 0.191 e. The van der Waals surface area contributed by atoms with E-state index in [0.717, 1.165) is 25.3 Å². The molecule has 1 atom stereocenters. The Morgan fingerprint density at radius 2 is 2.18 bits per heavy atom. The molecule has 0 bridgehead atoms. The highest BCUT2D eigenvalue weighted by Gasteiger charge is 2.09. The second-order valence-electron chi connectivity index (χ2n) is 4.83. The molecule has 0 saturated carbocycles. The average molecular weight is 311 g/mol. The van der Waals surface area contributed by atoms with Crippen LogP contribution in [0.1, 0.15) is 19.8 Å². The molecule has 0 aromatic heterocycles. The molecule has 0 heterocycles. The third-order valence-corrected chi connectivity index (χ3v) is 3.09. The molecule has 124 valence electrons. The SMILES string of the molecule is CCC(CNC(=NC)NCCCOC)Oc1cccc(F)c1. The van der Waals surface area contributed by atoms with Crippen molar-refractivity contribution in [3.63, 3.8) is 0 Å². The molecule has 0 aliphatic carbocycles. The van der Waals surface area contributed by atoms with Gasteiger partial charge in [0.05, 0.1) is 6.54 Å². The smallest absolute Gasteiger partial charge is 0.191 e. The van der Waals surface area contributed by atoms with Crippen molar-refractivity contribution in [3.8, 4) is 5.75 Å². The highest BCUT2D eigenvalue weighted by atomic mass is 19.1. The number of methoxy groups -OCH3 is 1. The molecule has 1 unspecified atom stereocenters. The van der Waals surface area contributed by atoms with E-state index in [1.165, 1.54) is 12.1 Å². The van der Waals surface area contributed by atoms with Crippen molar-refractivity contribution in [2.75, 3.05) is 33.9 Å². The summed E-state index contributed by atoms with van der Waals surface area (Å²) in [6.07, 6.45) is 1.66. The van der Waals surface area contributed by atoms with Gasteiger partial charge in [0.2, 0.25) is 0 Å². The van der Waals surface area contributed by atoms with Crippen LogP contribution in [-0.2, 0) is 4.74 Å². The largest absolute Gasteiger partial charge is 0.489 e. The minimum Gasteiger partial charge on any atom is -0.489 e. The molecule has 0 spiro atoms. The summed E-state index contributed by atoms with van der Waals surface area (Å²) in [6.45, 7) is 4.12.